The number of amidine groups is 1. The summed E-state index contributed by atoms with van der Waals surface area (Å²) in [6.45, 7) is 7.85. The van der Waals surface area contributed by atoms with Gasteiger partial charge in [-0.3, -0.25) is 0 Å². The van der Waals surface area contributed by atoms with E-state index in [2.05, 4.69) is 18.7 Å². The van der Waals surface area contributed by atoms with Gasteiger partial charge in [0, 0.05) is 18.8 Å². The molecule has 136 valence electrons. The molecule has 1 heterocycles. The third-order valence-electron chi connectivity index (χ3n) is 4.80. The lowest BCUT2D eigenvalue weighted by atomic mass is 9.98. The first-order valence-corrected chi connectivity index (χ1v) is 9.02. The molecule has 2 aromatic carbocycles. The van der Waals surface area contributed by atoms with E-state index in [-0.39, 0.29) is 11.6 Å². The van der Waals surface area contributed by atoms with Crippen LogP contribution in [0, 0.1) is 11.7 Å². The van der Waals surface area contributed by atoms with Crippen LogP contribution in [0.1, 0.15) is 31.9 Å². The van der Waals surface area contributed by atoms with Crippen LogP contribution in [0.15, 0.2) is 64.8 Å². The van der Waals surface area contributed by atoms with Gasteiger partial charge in [0.2, 0.25) is 0 Å². The van der Waals surface area contributed by atoms with E-state index in [0.29, 0.717) is 12.5 Å². The van der Waals surface area contributed by atoms with Crippen molar-refractivity contribution in [2.45, 2.75) is 27.2 Å². The Hall–Kier alpha value is -2.62. The van der Waals surface area contributed by atoms with Gasteiger partial charge in [0.25, 0.3) is 0 Å². The van der Waals surface area contributed by atoms with E-state index in [1.807, 2.05) is 31.2 Å². The van der Waals surface area contributed by atoms with E-state index in [1.165, 1.54) is 11.6 Å². The summed E-state index contributed by atoms with van der Waals surface area (Å²) >= 11 is 0. The highest BCUT2D eigenvalue weighted by atomic mass is 19.1. The van der Waals surface area contributed by atoms with E-state index in [1.54, 1.807) is 18.2 Å². The number of benzene rings is 2. The van der Waals surface area contributed by atoms with Crippen LogP contribution in [0.2, 0.25) is 0 Å². The Bertz CT molecular complexity index is 855. The first kappa shape index (κ1) is 18.2. The summed E-state index contributed by atoms with van der Waals surface area (Å²) in [4.78, 5) is 7.00. The number of phenols is 1. The molecule has 3 rings (SSSR count). The first-order valence-electron chi connectivity index (χ1n) is 9.02. The lowest BCUT2D eigenvalue weighted by Gasteiger charge is -2.33. The molecule has 1 N–H and O–H groups in total. The molecular formula is C22H25FN2O. The molecule has 0 saturated heterocycles. The van der Waals surface area contributed by atoms with Crippen molar-refractivity contribution in [3.8, 4) is 5.75 Å². The highest BCUT2D eigenvalue weighted by Crippen LogP contribution is 2.27. The SMILES string of the molecule is CC1=C(C(C)C)CN(CCc2cccc(F)c2)C(c2ccccc2O)=N1. The largest absolute Gasteiger partial charge is 0.507 e. The molecule has 0 unspecified atom stereocenters. The van der Waals surface area contributed by atoms with Gasteiger partial charge < -0.3 is 10.0 Å². The fraction of sp³-hybridized carbons (Fsp3) is 0.318. The van der Waals surface area contributed by atoms with Crippen LogP contribution in [0.4, 0.5) is 4.39 Å². The zero-order valence-electron chi connectivity index (χ0n) is 15.5. The number of aromatic hydroxyl groups is 1. The van der Waals surface area contributed by atoms with Crippen molar-refractivity contribution in [2.24, 2.45) is 10.9 Å². The normalized spacial score (nSPS) is 14.8. The van der Waals surface area contributed by atoms with Crippen LogP contribution >= 0.6 is 0 Å². The highest BCUT2D eigenvalue weighted by molar-refractivity contribution is 6.02. The smallest absolute Gasteiger partial charge is 0.140 e. The average Bonchev–Trinajstić information content (AvgIpc) is 2.60. The van der Waals surface area contributed by atoms with Crippen LogP contribution in [-0.4, -0.2) is 28.9 Å². The summed E-state index contributed by atoms with van der Waals surface area (Å²) in [5.41, 5.74) is 4.00. The number of hydrogen-bond acceptors (Lipinski definition) is 3. The molecule has 0 aliphatic carbocycles. The molecular weight excluding hydrogens is 327 g/mol. The van der Waals surface area contributed by atoms with Crippen LogP contribution < -0.4 is 0 Å². The molecule has 0 atom stereocenters. The van der Waals surface area contributed by atoms with E-state index in [4.69, 9.17) is 4.99 Å². The average molecular weight is 352 g/mol. The van der Waals surface area contributed by atoms with Gasteiger partial charge >= 0.3 is 0 Å². The second kappa shape index (κ2) is 7.73. The van der Waals surface area contributed by atoms with Crippen molar-refractivity contribution in [3.05, 3.63) is 76.7 Å². The fourth-order valence-corrected chi connectivity index (χ4v) is 3.33. The van der Waals surface area contributed by atoms with Crippen molar-refractivity contribution < 1.29 is 9.50 Å². The molecule has 26 heavy (non-hydrogen) atoms. The highest BCUT2D eigenvalue weighted by Gasteiger charge is 2.24. The van der Waals surface area contributed by atoms with Crippen molar-refractivity contribution in [1.82, 2.24) is 4.90 Å². The maximum Gasteiger partial charge on any atom is 0.140 e. The molecule has 0 fully saturated rings. The summed E-state index contributed by atoms with van der Waals surface area (Å²) < 4.78 is 13.5. The molecule has 1 aliphatic heterocycles. The van der Waals surface area contributed by atoms with Gasteiger partial charge in [-0.15, -0.1) is 0 Å². The molecule has 0 radical (unpaired) electrons. The van der Waals surface area contributed by atoms with Gasteiger partial charge in [0.1, 0.15) is 17.4 Å². The van der Waals surface area contributed by atoms with Crippen LogP contribution in [0.25, 0.3) is 0 Å². The Kier molecular flexibility index (Phi) is 5.40. The quantitative estimate of drug-likeness (QED) is 0.842. The second-order valence-electron chi connectivity index (χ2n) is 7.02. The summed E-state index contributed by atoms with van der Waals surface area (Å²) in [6, 6.07) is 14.0. The van der Waals surface area contributed by atoms with Gasteiger partial charge in [-0.1, -0.05) is 38.1 Å². The number of hydrogen-bond donors (Lipinski definition) is 1. The van der Waals surface area contributed by atoms with Crippen molar-refractivity contribution >= 4 is 5.84 Å². The molecule has 0 bridgehead atoms. The Balaban J connectivity index is 1.91. The maximum atomic E-state index is 13.5. The Labute approximate surface area is 154 Å². The van der Waals surface area contributed by atoms with Gasteiger partial charge in [-0.05, 0) is 54.7 Å². The number of halogens is 1. The minimum Gasteiger partial charge on any atom is -0.507 e. The summed E-state index contributed by atoms with van der Waals surface area (Å²) in [7, 11) is 0. The lowest BCUT2D eigenvalue weighted by molar-refractivity contribution is 0.423. The molecule has 1 aliphatic rings. The Morgan fingerprint density at radius 3 is 2.62 bits per heavy atom. The minimum atomic E-state index is -0.214. The van der Waals surface area contributed by atoms with E-state index in [0.717, 1.165) is 35.6 Å². The number of rotatable bonds is 5. The predicted octanol–water partition coefficient (Wildman–Crippen LogP) is 4.77. The van der Waals surface area contributed by atoms with Gasteiger partial charge in [0.15, 0.2) is 0 Å². The molecule has 3 nitrogen and oxygen atoms in total. The Morgan fingerprint density at radius 2 is 1.92 bits per heavy atom. The summed E-state index contributed by atoms with van der Waals surface area (Å²) in [5.74, 6) is 1.19. The molecule has 0 saturated carbocycles. The molecule has 2 aromatic rings. The fourth-order valence-electron chi connectivity index (χ4n) is 3.33. The van der Waals surface area contributed by atoms with Crippen LogP contribution in [0.5, 0.6) is 5.75 Å². The Morgan fingerprint density at radius 1 is 1.15 bits per heavy atom. The predicted molar refractivity (Wildman–Crippen MR) is 104 cm³/mol. The standard InChI is InChI=1S/C22H25FN2O/c1-15(2)20-14-25(12-11-17-7-6-8-18(23)13-17)22(24-16(20)3)19-9-4-5-10-21(19)26/h4-10,13,15,26H,11-12,14H2,1-3H3. The zero-order valence-corrected chi connectivity index (χ0v) is 15.5. The summed E-state index contributed by atoms with van der Waals surface area (Å²) in [6.07, 6.45) is 0.717. The van der Waals surface area contributed by atoms with Gasteiger partial charge in [0.05, 0.1) is 5.56 Å². The van der Waals surface area contributed by atoms with Gasteiger partial charge in [-0.25, -0.2) is 9.38 Å². The third-order valence-corrected chi connectivity index (χ3v) is 4.80. The molecule has 4 heteroatoms. The molecule has 0 amide bonds. The van der Waals surface area contributed by atoms with Crippen LogP contribution in [0.3, 0.4) is 0 Å². The number of para-hydroxylation sites is 1. The zero-order chi connectivity index (χ0) is 18.7. The topological polar surface area (TPSA) is 35.8 Å². The maximum absolute atomic E-state index is 13.5. The van der Waals surface area contributed by atoms with Gasteiger partial charge in [-0.2, -0.15) is 0 Å². The molecule has 0 spiro atoms. The third kappa shape index (κ3) is 3.96. The number of aliphatic imine (C=N–C) groups is 1. The van der Waals surface area contributed by atoms with Crippen LogP contribution in [-0.2, 0) is 6.42 Å². The van der Waals surface area contributed by atoms with Crippen molar-refractivity contribution in [1.29, 1.82) is 0 Å². The van der Waals surface area contributed by atoms with E-state index in [9.17, 15) is 9.50 Å². The minimum absolute atomic E-state index is 0.214. The first-order chi connectivity index (χ1) is 12.5. The second-order valence-corrected chi connectivity index (χ2v) is 7.02. The molecule has 0 aromatic heterocycles. The number of nitrogens with zero attached hydrogens (tertiary/aromatic N) is 2. The van der Waals surface area contributed by atoms with E-state index >= 15 is 0 Å². The van der Waals surface area contributed by atoms with Crippen molar-refractivity contribution in [3.63, 3.8) is 0 Å². The van der Waals surface area contributed by atoms with E-state index < -0.39 is 0 Å². The number of allylic oxidation sites excluding steroid dienone is 1. The number of phenolic OH excluding ortho intramolecular Hbond substituents is 1. The lowest BCUT2D eigenvalue weighted by Crippen LogP contribution is -2.38. The summed E-state index contributed by atoms with van der Waals surface area (Å²) in [5, 5.41) is 10.3. The van der Waals surface area contributed by atoms with Crippen molar-refractivity contribution in [2.75, 3.05) is 13.1 Å². The monoisotopic (exact) mass is 352 g/mol.